The van der Waals surface area contributed by atoms with E-state index in [1.807, 2.05) is 0 Å². The Hall–Kier alpha value is -4.20. The van der Waals surface area contributed by atoms with E-state index in [1.165, 1.54) is 6.07 Å². The number of nitrogens with one attached hydrogen (secondary N) is 2. The zero-order valence-electron chi connectivity index (χ0n) is 15.6. The van der Waals surface area contributed by atoms with Crippen LogP contribution in [0.4, 0.5) is 11.4 Å². The first-order valence-corrected chi connectivity index (χ1v) is 9.18. The summed E-state index contributed by atoms with van der Waals surface area (Å²) in [5.41, 5.74) is 1.84. The topological polar surface area (TPSA) is 95.1 Å². The number of benzene rings is 3. The Bertz CT molecular complexity index is 1070. The Morgan fingerprint density at radius 2 is 1.07 bits per heavy atom. The third-order valence-corrected chi connectivity index (χ3v) is 4.65. The Balaban J connectivity index is 1.29. The van der Waals surface area contributed by atoms with Crippen molar-refractivity contribution in [3.63, 3.8) is 0 Å². The average Bonchev–Trinajstić information content (AvgIpc) is 3.42. The van der Waals surface area contributed by atoms with Gasteiger partial charge in [-0.15, -0.1) is 0 Å². The van der Waals surface area contributed by atoms with Crippen LogP contribution in [0.5, 0.6) is 23.0 Å². The second-order valence-electron chi connectivity index (χ2n) is 6.63. The molecule has 0 aromatic heterocycles. The maximum Gasteiger partial charge on any atom is 0.255 e. The second kappa shape index (κ2) is 7.32. The van der Waals surface area contributed by atoms with Crippen molar-refractivity contribution < 1.29 is 28.5 Å². The fraction of sp³-hybridized carbons (Fsp3) is 0.0909. The molecule has 8 nitrogen and oxygen atoms in total. The lowest BCUT2D eigenvalue weighted by atomic mass is 10.1. The summed E-state index contributed by atoms with van der Waals surface area (Å²) < 4.78 is 21.2. The molecule has 0 saturated carbocycles. The number of rotatable bonds is 4. The Morgan fingerprint density at radius 3 is 1.57 bits per heavy atom. The summed E-state index contributed by atoms with van der Waals surface area (Å²) in [6.45, 7) is 0.320. The zero-order valence-corrected chi connectivity index (χ0v) is 15.6. The zero-order chi connectivity index (χ0) is 20.5. The normalized spacial score (nSPS) is 13.1. The van der Waals surface area contributed by atoms with E-state index < -0.39 is 0 Å². The maximum atomic E-state index is 12.6. The molecule has 0 spiro atoms. The first-order chi connectivity index (χ1) is 14.7. The highest BCUT2D eigenvalue weighted by atomic mass is 16.7. The molecule has 0 bridgehead atoms. The van der Waals surface area contributed by atoms with Crippen molar-refractivity contribution in [3.05, 3.63) is 71.8 Å². The van der Waals surface area contributed by atoms with E-state index in [1.54, 1.807) is 54.6 Å². The van der Waals surface area contributed by atoms with Crippen molar-refractivity contribution in [2.45, 2.75) is 0 Å². The molecule has 0 unspecified atom stereocenters. The van der Waals surface area contributed by atoms with Gasteiger partial charge in [-0.25, -0.2) is 0 Å². The number of hydrogen-bond acceptors (Lipinski definition) is 6. The molecule has 0 atom stereocenters. The maximum absolute atomic E-state index is 12.6. The van der Waals surface area contributed by atoms with Crippen molar-refractivity contribution in [3.8, 4) is 23.0 Å². The summed E-state index contributed by atoms with van der Waals surface area (Å²) in [4.78, 5) is 25.3. The highest BCUT2D eigenvalue weighted by Crippen LogP contribution is 2.35. The number of anilines is 2. The number of carbonyl (C=O) groups is 2. The van der Waals surface area contributed by atoms with Gasteiger partial charge in [0, 0.05) is 34.6 Å². The predicted molar refractivity (Wildman–Crippen MR) is 107 cm³/mol. The van der Waals surface area contributed by atoms with Gasteiger partial charge in [0.2, 0.25) is 13.6 Å². The molecule has 2 N–H and O–H groups in total. The van der Waals surface area contributed by atoms with E-state index >= 15 is 0 Å². The van der Waals surface area contributed by atoms with Crippen LogP contribution in [0.25, 0.3) is 0 Å². The molecule has 8 heteroatoms. The van der Waals surface area contributed by atoms with Crippen LogP contribution < -0.4 is 29.6 Å². The molecule has 150 valence electrons. The third kappa shape index (κ3) is 3.46. The molecular weight excluding hydrogens is 388 g/mol. The van der Waals surface area contributed by atoms with E-state index in [9.17, 15) is 9.59 Å². The third-order valence-electron chi connectivity index (χ3n) is 4.65. The molecule has 3 aromatic rings. The summed E-state index contributed by atoms with van der Waals surface area (Å²) >= 11 is 0. The van der Waals surface area contributed by atoms with E-state index in [0.29, 0.717) is 45.5 Å². The predicted octanol–water partition coefficient (Wildman–Crippen LogP) is 3.65. The van der Waals surface area contributed by atoms with Crippen LogP contribution in [0.2, 0.25) is 0 Å². The standard InChI is InChI=1S/C22H16N2O6/c25-21(23-15-4-6-17-19(9-15)29-11-27-17)13-2-1-3-14(8-13)22(26)24-16-5-7-18-20(10-16)30-12-28-18/h1-10H,11-12H2,(H,23,25)(H,24,26). The number of carbonyl (C=O) groups excluding carboxylic acids is 2. The lowest BCUT2D eigenvalue weighted by Crippen LogP contribution is -2.15. The summed E-state index contributed by atoms with van der Waals surface area (Å²) in [6, 6.07) is 16.8. The molecule has 2 aliphatic heterocycles. The first kappa shape index (κ1) is 17.9. The average molecular weight is 404 g/mol. The van der Waals surface area contributed by atoms with Gasteiger partial charge < -0.3 is 29.6 Å². The van der Waals surface area contributed by atoms with Crippen molar-refractivity contribution in [1.82, 2.24) is 0 Å². The minimum absolute atomic E-state index is 0.160. The van der Waals surface area contributed by atoms with E-state index in [4.69, 9.17) is 18.9 Å². The summed E-state index contributed by atoms with van der Waals surface area (Å²) in [7, 11) is 0. The van der Waals surface area contributed by atoms with Crippen LogP contribution in [0, 0.1) is 0 Å². The van der Waals surface area contributed by atoms with Gasteiger partial charge in [-0.05, 0) is 42.5 Å². The number of amides is 2. The number of hydrogen-bond donors (Lipinski definition) is 2. The monoisotopic (exact) mass is 404 g/mol. The number of ether oxygens (including phenoxy) is 4. The van der Waals surface area contributed by atoms with Gasteiger partial charge in [-0.1, -0.05) is 6.07 Å². The van der Waals surface area contributed by atoms with E-state index in [-0.39, 0.29) is 25.4 Å². The smallest absolute Gasteiger partial charge is 0.255 e. The molecule has 5 rings (SSSR count). The van der Waals surface area contributed by atoms with Gasteiger partial charge in [0.05, 0.1) is 0 Å². The Kier molecular flexibility index (Phi) is 4.36. The minimum Gasteiger partial charge on any atom is -0.454 e. The molecule has 0 fully saturated rings. The fourth-order valence-corrected chi connectivity index (χ4v) is 3.16. The van der Waals surface area contributed by atoms with Crippen LogP contribution >= 0.6 is 0 Å². The lowest BCUT2D eigenvalue weighted by molar-refractivity contribution is 0.102. The SMILES string of the molecule is O=C(Nc1ccc2c(c1)OCO2)c1cccc(C(=O)Nc2ccc3c(c2)OCO3)c1. The van der Waals surface area contributed by atoms with Gasteiger partial charge >= 0.3 is 0 Å². The summed E-state index contributed by atoms with van der Waals surface area (Å²) in [6.07, 6.45) is 0. The summed E-state index contributed by atoms with van der Waals surface area (Å²) in [5.74, 6) is 1.73. The second-order valence-corrected chi connectivity index (χ2v) is 6.63. The molecule has 2 amide bonds. The van der Waals surface area contributed by atoms with E-state index in [2.05, 4.69) is 10.6 Å². The molecule has 2 aliphatic rings. The van der Waals surface area contributed by atoms with Crippen molar-refractivity contribution in [2.24, 2.45) is 0 Å². The van der Waals surface area contributed by atoms with Gasteiger partial charge in [0.1, 0.15) is 0 Å². The quantitative estimate of drug-likeness (QED) is 0.689. The van der Waals surface area contributed by atoms with Gasteiger partial charge in [0.25, 0.3) is 11.8 Å². The molecule has 3 aromatic carbocycles. The van der Waals surface area contributed by atoms with Gasteiger partial charge in [-0.2, -0.15) is 0 Å². The Labute approximate surface area is 171 Å². The van der Waals surface area contributed by atoms with Crippen LogP contribution in [0.1, 0.15) is 20.7 Å². The highest BCUT2D eigenvalue weighted by molar-refractivity contribution is 6.08. The van der Waals surface area contributed by atoms with Crippen LogP contribution in [-0.2, 0) is 0 Å². The number of fused-ring (bicyclic) bond motifs is 2. The Morgan fingerprint density at radius 1 is 0.600 bits per heavy atom. The molecular formula is C22H16N2O6. The first-order valence-electron chi connectivity index (χ1n) is 9.18. The molecule has 0 aliphatic carbocycles. The molecule has 0 saturated heterocycles. The molecule has 30 heavy (non-hydrogen) atoms. The van der Waals surface area contributed by atoms with Crippen LogP contribution in [-0.4, -0.2) is 25.4 Å². The van der Waals surface area contributed by atoms with Gasteiger partial charge in [0.15, 0.2) is 23.0 Å². The van der Waals surface area contributed by atoms with Crippen molar-refractivity contribution in [2.75, 3.05) is 24.2 Å². The molecule has 0 radical (unpaired) electrons. The largest absolute Gasteiger partial charge is 0.454 e. The fourth-order valence-electron chi connectivity index (χ4n) is 3.16. The lowest BCUT2D eigenvalue weighted by Gasteiger charge is -2.09. The van der Waals surface area contributed by atoms with Crippen LogP contribution in [0.3, 0.4) is 0 Å². The molecule has 2 heterocycles. The van der Waals surface area contributed by atoms with Crippen molar-refractivity contribution in [1.29, 1.82) is 0 Å². The summed E-state index contributed by atoms with van der Waals surface area (Å²) in [5, 5.41) is 5.59. The van der Waals surface area contributed by atoms with Crippen molar-refractivity contribution >= 4 is 23.2 Å². The highest BCUT2D eigenvalue weighted by Gasteiger charge is 2.17. The van der Waals surface area contributed by atoms with Gasteiger partial charge in [-0.3, -0.25) is 9.59 Å². The van der Waals surface area contributed by atoms with Crippen LogP contribution in [0.15, 0.2) is 60.7 Å². The van der Waals surface area contributed by atoms with E-state index in [0.717, 1.165) is 0 Å². The minimum atomic E-state index is -0.341.